The van der Waals surface area contributed by atoms with E-state index in [1.165, 1.54) is 24.3 Å². The summed E-state index contributed by atoms with van der Waals surface area (Å²) >= 11 is 12.1. The molecule has 0 aliphatic rings. The number of carbonyl (C=O) groups is 1. The van der Waals surface area contributed by atoms with E-state index in [2.05, 4.69) is 25.9 Å². The van der Waals surface area contributed by atoms with Gasteiger partial charge in [0.1, 0.15) is 11.6 Å². The van der Waals surface area contributed by atoms with Crippen LogP contribution in [-0.4, -0.2) is 16.0 Å². The maximum Gasteiger partial charge on any atom is 0.324 e. The molecule has 0 saturated heterocycles. The molecule has 3 N–H and O–H groups in total. The lowest BCUT2D eigenvalue weighted by atomic mass is 10.2. The summed E-state index contributed by atoms with van der Waals surface area (Å²) < 4.78 is 13.0. The van der Waals surface area contributed by atoms with Crippen LogP contribution in [0.4, 0.5) is 32.3 Å². The summed E-state index contributed by atoms with van der Waals surface area (Å²) in [5.41, 5.74) is 1.67. The minimum absolute atomic E-state index is 0.254. The molecule has 4 rings (SSSR count). The van der Waals surface area contributed by atoms with Crippen LogP contribution in [-0.2, 0) is 0 Å². The maximum atomic E-state index is 13.0. The third-order valence-electron chi connectivity index (χ3n) is 4.06. The largest absolute Gasteiger partial charge is 0.324 e. The van der Waals surface area contributed by atoms with Crippen molar-refractivity contribution in [1.29, 1.82) is 0 Å². The van der Waals surface area contributed by atoms with Gasteiger partial charge in [0.2, 0.25) is 5.95 Å². The van der Waals surface area contributed by atoms with Gasteiger partial charge in [-0.1, -0.05) is 35.3 Å². The van der Waals surface area contributed by atoms with Crippen molar-refractivity contribution in [3.63, 3.8) is 0 Å². The lowest BCUT2D eigenvalue weighted by Crippen LogP contribution is -2.20. The molecule has 6 nitrogen and oxygen atoms in total. The number of rotatable bonds is 4. The zero-order chi connectivity index (χ0) is 21.1. The van der Waals surface area contributed by atoms with E-state index in [4.69, 9.17) is 23.2 Å². The number of nitrogens with zero attached hydrogens (tertiary/aromatic N) is 2. The van der Waals surface area contributed by atoms with Crippen molar-refractivity contribution >= 4 is 63.3 Å². The van der Waals surface area contributed by atoms with E-state index < -0.39 is 6.03 Å². The number of hydrogen-bond donors (Lipinski definition) is 3. The Hall–Kier alpha value is -3.42. The van der Waals surface area contributed by atoms with Gasteiger partial charge in [-0.3, -0.25) is 5.32 Å². The van der Waals surface area contributed by atoms with Crippen molar-refractivity contribution in [3.8, 4) is 0 Å². The molecule has 0 radical (unpaired) electrons. The van der Waals surface area contributed by atoms with E-state index in [1.807, 2.05) is 12.1 Å². The van der Waals surface area contributed by atoms with Crippen molar-refractivity contribution in [2.45, 2.75) is 0 Å². The molecule has 0 unspecified atom stereocenters. The molecule has 150 valence electrons. The van der Waals surface area contributed by atoms with Crippen molar-refractivity contribution in [2.24, 2.45) is 0 Å². The first-order valence-corrected chi connectivity index (χ1v) is 9.55. The van der Waals surface area contributed by atoms with E-state index in [-0.39, 0.29) is 11.8 Å². The first kappa shape index (κ1) is 19.9. The Morgan fingerprint density at radius 2 is 1.53 bits per heavy atom. The van der Waals surface area contributed by atoms with E-state index in [0.29, 0.717) is 38.1 Å². The molecule has 0 bridgehead atoms. The van der Waals surface area contributed by atoms with Crippen LogP contribution < -0.4 is 16.0 Å². The first-order valence-electron chi connectivity index (χ1n) is 8.80. The number of aromatic nitrogens is 2. The molecule has 2 amide bonds. The smallest absolute Gasteiger partial charge is 0.324 e. The predicted molar refractivity (Wildman–Crippen MR) is 118 cm³/mol. The quantitative estimate of drug-likeness (QED) is 0.339. The van der Waals surface area contributed by atoms with Crippen LogP contribution in [0, 0.1) is 5.82 Å². The van der Waals surface area contributed by atoms with Gasteiger partial charge in [0.25, 0.3) is 0 Å². The molecule has 4 aromatic rings. The van der Waals surface area contributed by atoms with Crippen LogP contribution in [0.2, 0.25) is 10.0 Å². The SMILES string of the molecule is O=C(Nc1ccc(F)cc1)Nc1nc(Nc2cc(Cl)cc(Cl)c2)nc2ccccc12. The minimum atomic E-state index is -0.526. The van der Waals surface area contributed by atoms with E-state index >= 15 is 0 Å². The standard InChI is InChI=1S/C21H14Cl2FN5O/c22-12-9-13(23)11-16(10-12)25-20-27-18-4-2-1-3-17(18)19(28-20)29-21(30)26-15-7-5-14(24)6-8-15/h1-11H,(H3,25,26,27,28,29,30). The minimum Gasteiger partial charge on any atom is -0.324 e. The predicted octanol–water partition coefficient (Wildman–Crippen LogP) is 6.46. The van der Waals surface area contributed by atoms with E-state index in [0.717, 1.165) is 0 Å². The van der Waals surface area contributed by atoms with Gasteiger partial charge in [-0.05, 0) is 54.6 Å². The van der Waals surface area contributed by atoms with Crippen LogP contribution >= 0.6 is 23.2 Å². The molecule has 3 aromatic carbocycles. The van der Waals surface area contributed by atoms with Gasteiger partial charge in [-0.15, -0.1) is 0 Å². The summed E-state index contributed by atoms with van der Waals surface area (Å²) in [5, 5.41) is 9.96. The third-order valence-corrected chi connectivity index (χ3v) is 4.49. The first-order chi connectivity index (χ1) is 14.5. The summed E-state index contributed by atoms with van der Waals surface area (Å²) in [5.74, 6) is 0.166. The molecule has 30 heavy (non-hydrogen) atoms. The van der Waals surface area contributed by atoms with Crippen LogP contribution in [0.3, 0.4) is 0 Å². The molecule has 9 heteroatoms. The number of hydrogen-bond acceptors (Lipinski definition) is 4. The zero-order valence-electron chi connectivity index (χ0n) is 15.3. The Kier molecular flexibility index (Phi) is 5.65. The number of nitrogens with one attached hydrogen (secondary N) is 3. The lowest BCUT2D eigenvalue weighted by molar-refractivity contribution is 0.262. The lowest BCUT2D eigenvalue weighted by Gasteiger charge is -2.12. The Labute approximate surface area is 181 Å². The molecule has 0 saturated carbocycles. The van der Waals surface area contributed by atoms with Gasteiger partial charge in [-0.25, -0.2) is 14.2 Å². The molecule has 0 fully saturated rings. The summed E-state index contributed by atoms with van der Waals surface area (Å²) in [7, 11) is 0. The van der Waals surface area contributed by atoms with Crippen molar-refractivity contribution < 1.29 is 9.18 Å². The second kappa shape index (κ2) is 8.52. The number of benzene rings is 3. The van der Waals surface area contributed by atoms with Crippen molar-refractivity contribution in [1.82, 2.24) is 9.97 Å². The second-order valence-corrected chi connectivity index (χ2v) is 7.15. The Morgan fingerprint density at radius 1 is 0.833 bits per heavy atom. The highest BCUT2D eigenvalue weighted by Crippen LogP contribution is 2.27. The molecule has 0 aliphatic carbocycles. The Bertz CT molecular complexity index is 1210. The normalized spacial score (nSPS) is 10.6. The summed E-state index contributed by atoms with van der Waals surface area (Å²) in [6, 6.07) is 17.1. The van der Waals surface area contributed by atoms with Crippen molar-refractivity contribution in [2.75, 3.05) is 16.0 Å². The van der Waals surface area contributed by atoms with E-state index in [1.54, 1.807) is 30.3 Å². The zero-order valence-corrected chi connectivity index (χ0v) is 16.8. The molecule has 0 atom stereocenters. The topological polar surface area (TPSA) is 78.9 Å². The number of urea groups is 1. The van der Waals surface area contributed by atoms with E-state index in [9.17, 15) is 9.18 Å². The monoisotopic (exact) mass is 441 g/mol. The fourth-order valence-electron chi connectivity index (χ4n) is 2.79. The second-order valence-electron chi connectivity index (χ2n) is 6.28. The van der Waals surface area contributed by atoms with Crippen LogP contribution in [0.25, 0.3) is 10.9 Å². The molecule has 1 aromatic heterocycles. The van der Waals surface area contributed by atoms with Gasteiger partial charge in [0.05, 0.1) is 5.52 Å². The third kappa shape index (κ3) is 4.76. The van der Waals surface area contributed by atoms with Gasteiger partial charge < -0.3 is 10.6 Å². The molecular formula is C21H14Cl2FN5O. The van der Waals surface area contributed by atoms with Gasteiger partial charge in [-0.2, -0.15) is 4.98 Å². The fourth-order valence-corrected chi connectivity index (χ4v) is 3.31. The van der Waals surface area contributed by atoms with Gasteiger partial charge >= 0.3 is 6.03 Å². The van der Waals surface area contributed by atoms with Gasteiger partial charge in [0, 0.05) is 26.8 Å². The average Bonchev–Trinajstić information content (AvgIpc) is 2.69. The average molecular weight is 442 g/mol. The number of halogens is 3. The maximum absolute atomic E-state index is 13.0. The number of anilines is 4. The summed E-state index contributed by atoms with van der Waals surface area (Å²) in [6.45, 7) is 0. The Morgan fingerprint density at radius 3 is 2.27 bits per heavy atom. The van der Waals surface area contributed by atoms with Crippen LogP contribution in [0.1, 0.15) is 0 Å². The summed E-state index contributed by atoms with van der Waals surface area (Å²) in [4.78, 5) is 21.3. The Balaban J connectivity index is 1.62. The molecule has 1 heterocycles. The highest BCUT2D eigenvalue weighted by atomic mass is 35.5. The van der Waals surface area contributed by atoms with Crippen LogP contribution in [0.5, 0.6) is 0 Å². The number of amides is 2. The molecule has 0 spiro atoms. The number of carbonyl (C=O) groups excluding carboxylic acids is 1. The summed E-state index contributed by atoms with van der Waals surface area (Å²) in [6.07, 6.45) is 0. The molecule has 0 aliphatic heterocycles. The highest BCUT2D eigenvalue weighted by molar-refractivity contribution is 6.35. The number of para-hydroxylation sites is 1. The highest BCUT2D eigenvalue weighted by Gasteiger charge is 2.12. The molecular weight excluding hydrogens is 428 g/mol. The fraction of sp³-hybridized carbons (Fsp3) is 0. The van der Waals surface area contributed by atoms with Crippen LogP contribution in [0.15, 0.2) is 66.7 Å². The van der Waals surface area contributed by atoms with Gasteiger partial charge in [0.15, 0.2) is 0 Å². The number of fused-ring (bicyclic) bond motifs is 1. The van der Waals surface area contributed by atoms with Crippen molar-refractivity contribution in [3.05, 3.63) is 82.6 Å².